The molecule has 0 saturated heterocycles. The first kappa shape index (κ1) is 11.4. The minimum atomic E-state index is -0.0536. The fourth-order valence-corrected chi connectivity index (χ4v) is 1.67. The van der Waals surface area contributed by atoms with E-state index in [4.69, 9.17) is 5.73 Å². The van der Waals surface area contributed by atoms with Crippen molar-refractivity contribution in [3.63, 3.8) is 0 Å². The molecule has 2 aromatic rings. The molecule has 0 fully saturated rings. The summed E-state index contributed by atoms with van der Waals surface area (Å²) >= 11 is 0. The second-order valence-corrected chi connectivity index (χ2v) is 3.75. The van der Waals surface area contributed by atoms with Gasteiger partial charge < -0.3 is 15.6 Å². The Balaban J connectivity index is 1.98. The van der Waals surface area contributed by atoms with E-state index in [2.05, 4.69) is 5.32 Å². The van der Waals surface area contributed by atoms with E-state index < -0.39 is 0 Å². The number of benzene rings is 1. The molecule has 0 unspecified atom stereocenters. The third kappa shape index (κ3) is 2.95. The van der Waals surface area contributed by atoms with Crippen LogP contribution in [0.3, 0.4) is 0 Å². The average Bonchev–Trinajstić information content (AvgIpc) is 2.77. The van der Waals surface area contributed by atoms with Crippen LogP contribution in [-0.2, 0) is 17.9 Å². The van der Waals surface area contributed by atoms with E-state index in [0.717, 1.165) is 11.4 Å². The molecule has 17 heavy (non-hydrogen) atoms. The highest BCUT2D eigenvalue weighted by molar-refractivity contribution is 5.90. The summed E-state index contributed by atoms with van der Waals surface area (Å²) in [5.41, 5.74) is 7.33. The molecule has 0 saturated carbocycles. The van der Waals surface area contributed by atoms with E-state index in [-0.39, 0.29) is 12.5 Å². The van der Waals surface area contributed by atoms with Crippen LogP contribution in [0.15, 0.2) is 48.7 Å². The number of hydrogen-bond acceptors (Lipinski definition) is 2. The predicted octanol–water partition coefficient (Wildman–Crippen LogP) is 1.59. The van der Waals surface area contributed by atoms with Crippen molar-refractivity contribution in [1.29, 1.82) is 0 Å². The predicted molar refractivity (Wildman–Crippen MR) is 67.4 cm³/mol. The lowest BCUT2D eigenvalue weighted by atomic mass is 10.3. The summed E-state index contributed by atoms with van der Waals surface area (Å²) in [6.07, 6.45) is 1.85. The van der Waals surface area contributed by atoms with Gasteiger partial charge in [-0.25, -0.2) is 0 Å². The van der Waals surface area contributed by atoms with Gasteiger partial charge in [0.25, 0.3) is 0 Å². The molecule has 0 radical (unpaired) electrons. The molecule has 0 aliphatic rings. The van der Waals surface area contributed by atoms with Gasteiger partial charge in [-0.3, -0.25) is 4.79 Å². The van der Waals surface area contributed by atoms with Crippen LogP contribution in [0.25, 0.3) is 0 Å². The number of nitrogens with two attached hydrogens (primary N) is 1. The van der Waals surface area contributed by atoms with Crippen LogP contribution in [0.2, 0.25) is 0 Å². The molecule has 88 valence electrons. The number of amides is 1. The SMILES string of the molecule is NCc1cccn1CC(=O)Nc1ccccc1. The molecule has 1 aromatic heterocycles. The van der Waals surface area contributed by atoms with E-state index in [1.165, 1.54) is 0 Å². The molecule has 2 rings (SSSR count). The topological polar surface area (TPSA) is 60.0 Å². The number of para-hydroxylation sites is 1. The number of carbonyl (C=O) groups excluding carboxylic acids is 1. The maximum Gasteiger partial charge on any atom is 0.244 e. The number of aromatic nitrogens is 1. The lowest BCUT2D eigenvalue weighted by Gasteiger charge is -2.08. The van der Waals surface area contributed by atoms with Gasteiger partial charge in [-0.15, -0.1) is 0 Å². The van der Waals surface area contributed by atoms with Gasteiger partial charge >= 0.3 is 0 Å². The minimum Gasteiger partial charge on any atom is -0.341 e. The zero-order valence-corrected chi connectivity index (χ0v) is 9.47. The third-order valence-electron chi connectivity index (χ3n) is 2.50. The van der Waals surface area contributed by atoms with Gasteiger partial charge in [0.2, 0.25) is 5.91 Å². The number of nitrogens with zero attached hydrogens (tertiary/aromatic N) is 1. The van der Waals surface area contributed by atoms with Crippen molar-refractivity contribution in [2.75, 3.05) is 5.32 Å². The van der Waals surface area contributed by atoms with Gasteiger partial charge in [-0.05, 0) is 24.3 Å². The molecule has 4 heteroatoms. The minimum absolute atomic E-state index is 0.0536. The Hall–Kier alpha value is -2.07. The molecule has 1 aromatic carbocycles. The molecule has 0 atom stereocenters. The Labute approximate surface area is 100 Å². The van der Waals surface area contributed by atoms with E-state index in [1.807, 2.05) is 53.2 Å². The second kappa shape index (κ2) is 5.32. The maximum atomic E-state index is 11.8. The van der Waals surface area contributed by atoms with Crippen molar-refractivity contribution in [3.8, 4) is 0 Å². The Morgan fingerprint density at radius 1 is 1.18 bits per heavy atom. The first-order valence-corrected chi connectivity index (χ1v) is 5.48. The molecular formula is C13H15N3O. The number of hydrogen-bond donors (Lipinski definition) is 2. The lowest BCUT2D eigenvalue weighted by Crippen LogP contribution is -2.20. The molecule has 1 heterocycles. The monoisotopic (exact) mass is 229 g/mol. The Kier molecular flexibility index (Phi) is 3.57. The fraction of sp³-hybridized carbons (Fsp3) is 0.154. The summed E-state index contributed by atoms with van der Waals surface area (Å²) in [4.78, 5) is 11.8. The normalized spacial score (nSPS) is 10.2. The molecule has 1 amide bonds. The lowest BCUT2D eigenvalue weighted by molar-refractivity contribution is -0.116. The Bertz CT molecular complexity index is 490. The zero-order valence-electron chi connectivity index (χ0n) is 9.47. The van der Waals surface area contributed by atoms with Crippen molar-refractivity contribution in [2.45, 2.75) is 13.1 Å². The van der Waals surface area contributed by atoms with E-state index in [1.54, 1.807) is 0 Å². The van der Waals surface area contributed by atoms with Gasteiger partial charge in [0.15, 0.2) is 0 Å². The summed E-state index contributed by atoms with van der Waals surface area (Å²) in [6, 6.07) is 13.2. The van der Waals surface area contributed by atoms with Crippen molar-refractivity contribution >= 4 is 11.6 Å². The summed E-state index contributed by atoms with van der Waals surface area (Å²) in [6.45, 7) is 0.722. The average molecular weight is 229 g/mol. The smallest absolute Gasteiger partial charge is 0.244 e. The van der Waals surface area contributed by atoms with Crippen LogP contribution in [-0.4, -0.2) is 10.5 Å². The summed E-state index contributed by atoms with van der Waals surface area (Å²) in [5.74, 6) is -0.0536. The van der Waals surface area contributed by atoms with Crippen LogP contribution < -0.4 is 11.1 Å². The van der Waals surface area contributed by atoms with E-state index in [9.17, 15) is 4.79 Å². The number of nitrogens with one attached hydrogen (secondary N) is 1. The molecule has 0 bridgehead atoms. The molecule has 0 aliphatic carbocycles. The van der Waals surface area contributed by atoms with Crippen LogP contribution >= 0.6 is 0 Å². The number of anilines is 1. The molecule has 0 spiro atoms. The van der Waals surface area contributed by atoms with Gasteiger partial charge in [-0.2, -0.15) is 0 Å². The van der Waals surface area contributed by atoms with Crippen LogP contribution in [0.1, 0.15) is 5.69 Å². The van der Waals surface area contributed by atoms with Gasteiger partial charge in [0, 0.05) is 24.1 Å². The van der Waals surface area contributed by atoms with Crippen molar-refractivity contribution < 1.29 is 4.79 Å². The highest BCUT2D eigenvalue weighted by Gasteiger charge is 2.05. The summed E-state index contributed by atoms with van der Waals surface area (Å²) in [7, 11) is 0. The first-order valence-electron chi connectivity index (χ1n) is 5.48. The molecule has 3 N–H and O–H groups in total. The maximum absolute atomic E-state index is 11.8. The molecule has 4 nitrogen and oxygen atoms in total. The van der Waals surface area contributed by atoms with E-state index in [0.29, 0.717) is 6.54 Å². The number of carbonyl (C=O) groups is 1. The van der Waals surface area contributed by atoms with Crippen LogP contribution in [0, 0.1) is 0 Å². The highest BCUT2D eigenvalue weighted by atomic mass is 16.1. The van der Waals surface area contributed by atoms with Crippen molar-refractivity contribution in [3.05, 3.63) is 54.4 Å². The first-order chi connectivity index (χ1) is 8.29. The van der Waals surface area contributed by atoms with Gasteiger partial charge in [-0.1, -0.05) is 18.2 Å². The second-order valence-electron chi connectivity index (χ2n) is 3.75. The molecular weight excluding hydrogens is 214 g/mol. The highest BCUT2D eigenvalue weighted by Crippen LogP contribution is 2.06. The quantitative estimate of drug-likeness (QED) is 0.836. The largest absolute Gasteiger partial charge is 0.341 e. The van der Waals surface area contributed by atoms with Crippen LogP contribution in [0.4, 0.5) is 5.69 Å². The molecule has 0 aliphatic heterocycles. The Morgan fingerprint density at radius 2 is 1.94 bits per heavy atom. The van der Waals surface area contributed by atoms with Crippen molar-refractivity contribution in [2.24, 2.45) is 5.73 Å². The van der Waals surface area contributed by atoms with E-state index >= 15 is 0 Å². The summed E-state index contributed by atoms with van der Waals surface area (Å²) < 4.78 is 1.85. The van der Waals surface area contributed by atoms with Crippen LogP contribution in [0.5, 0.6) is 0 Å². The third-order valence-corrected chi connectivity index (χ3v) is 2.50. The number of rotatable bonds is 4. The Morgan fingerprint density at radius 3 is 2.65 bits per heavy atom. The summed E-state index contributed by atoms with van der Waals surface area (Å²) in [5, 5.41) is 2.83. The zero-order chi connectivity index (χ0) is 12.1. The van der Waals surface area contributed by atoms with Crippen molar-refractivity contribution in [1.82, 2.24) is 4.57 Å². The standard InChI is InChI=1S/C13H15N3O/c14-9-12-7-4-8-16(12)10-13(17)15-11-5-2-1-3-6-11/h1-8H,9-10,14H2,(H,15,17). The fourth-order valence-electron chi connectivity index (χ4n) is 1.67. The van der Waals surface area contributed by atoms with Gasteiger partial charge in [0.05, 0.1) is 0 Å². The van der Waals surface area contributed by atoms with Gasteiger partial charge in [0.1, 0.15) is 6.54 Å².